The molecule has 2 aromatic rings. The molecular weight excluding hydrogens is 376 g/mol. The summed E-state index contributed by atoms with van der Waals surface area (Å²) >= 11 is 0. The summed E-state index contributed by atoms with van der Waals surface area (Å²) in [5, 5.41) is 1.02. The van der Waals surface area contributed by atoms with Gasteiger partial charge in [-0.05, 0) is 30.5 Å². The zero-order chi connectivity index (χ0) is 20.0. The fourth-order valence-electron chi connectivity index (χ4n) is 4.82. The largest absolute Gasteiger partial charge is 0.381 e. The lowest BCUT2D eigenvalue weighted by molar-refractivity contribution is -0.0565. The molecule has 0 bridgehead atoms. The van der Waals surface area contributed by atoms with Crippen molar-refractivity contribution >= 4 is 16.8 Å². The lowest BCUT2D eigenvalue weighted by atomic mass is 9.98. The van der Waals surface area contributed by atoms with Crippen LogP contribution < -0.4 is 0 Å². The summed E-state index contributed by atoms with van der Waals surface area (Å²) in [7, 11) is 0. The van der Waals surface area contributed by atoms with Gasteiger partial charge in [0.2, 0.25) is 0 Å². The second-order valence-corrected chi connectivity index (χ2v) is 8.37. The van der Waals surface area contributed by atoms with Crippen molar-refractivity contribution in [2.24, 2.45) is 0 Å². The van der Waals surface area contributed by atoms with E-state index in [2.05, 4.69) is 9.88 Å². The number of carbonyl (C=O) groups is 1. The van der Waals surface area contributed by atoms with Crippen LogP contribution in [-0.4, -0.2) is 59.0 Å². The van der Waals surface area contributed by atoms with Gasteiger partial charge in [-0.3, -0.25) is 14.7 Å². The number of alkyl halides is 2. The highest BCUT2D eigenvalue weighted by molar-refractivity contribution is 6.04. The normalized spacial score (nSPS) is 23.0. The Kier molecular flexibility index (Phi) is 4.75. The molecule has 7 heteroatoms. The second kappa shape index (κ2) is 7.29. The maximum Gasteiger partial charge on any atom is 0.254 e. The number of hydrogen-bond donors (Lipinski definition) is 0. The highest BCUT2D eigenvalue weighted by Crippen LogP contribution is 2.35. The molecule has 2 saturated heterocycles. The molecule has 0 N–H and O–H groups in total. The average Bonchev–Trinajstić information content (AvgIpc) is 3.07. The van der Waals surface area contributed by atoms with Crippen molar-refractivity contribution in [3.63, 3.8) is 0 Å². The van der Waals surface area contributed by atoms with Crippen LogP contribution in [-0.2, 0) is 17.8 Å². The van der Waals surface area contributed by atoms with Crippen molar-refractivity contribution in [3.05, 3.63) is 41.1 Å². The quantitative estimate of drug-likeness (QED) is 0.789. The molecule has 29 heavy (non-hydrogen) atoms. The Labute approximate surface area is 168 Å². The lowest BCUT2D eigenvalue weighted by Crippen LogP contribution is -2.39. The smallest absolute Gasteiger partial charge is 0.254 e. The van der Waals surface area contributed by atoms with Crippen LogP contribution in [0.4, 0.5) is 8.78 Å². The minimum Gasteiger partial charge on any atom is -0.381 e. The number of halogens is 2. The standard InChI is InChI=1S/C22H25F2N3O2/c23-22(24)5-8-26(9-6-22)13-15-12-18-19(20-17(15)2-1-7-25-20)14-27(21(18)28)16-3-10-29-11-4-16/h1-2,7,12,16H,3-6,8-11,13-14H2. The topological polar surface area (TPSA) is 45.7 Å². The number of likely N-dealkylation sites (tertiary alicyclic amines) is 1. The summed E-state index contributed by atoms with van der Waals surface area (Å²) in [6.07, 6.45) is 3.27. The van der Waals surface area contributed by atoms with Crippen LogP contribution in [0, 0.1) is 0 Å². The van der Waals surface area contributed by atoms with Gasteiger partial charge in [0.05, 0.1) is 5.52 Å². The number of rotatable bonds is 3. The van der Waals surface area contributed by atoms with Gasteiger partial charge in [-0.25, -0.2) is 8.78 Å². The summed E-state index contributed by atoms with van der Waals surface area (Å²) in [6, 6.07) is 6.11. The number of pyridine rings is 1. The molecule has 3 aliphatic rings. The summed E-state index contributed by atoms with van der Waals surface area (Å²) in [5.41, 5.74) is 3.58. The van der Waals surface area contributed by atoms with E-state index in [0.29, 0.717) is 39.4 Å². The number of nitrogens with zero attached hydrogens (tertiary/aromatic N) is 3. The van der Waals surface area contributed by atoms with Gasteiger partial charge in [-0.15, -0.1) is 0 Å². The Bertz CT molecular complexity index is 933. The van der Waals surface area contributed by atoms with Crippen molar-refractivity contribution in [3.8, 4) is 0 Å². The highest BCUT2D eigenvalue weighted by atomic mass is 19.3. The van der Waals surface area contributed by atoms with Gasteiger partial charge in [0.1, 0.15) is 0 Å². The van der Waals surface area contributed by atoms with Crippen molar-refractivity contribution in [2.75, 3.05) is 26.3 Å². The fourth-order valence-corrected chi connectivity index (χ4v) is 4.82. The molecular formula is C22H25F2N3O2. The molecule has 0 atom stereocenters. The van der Waals surface area contributed by atoms with Gasteiger partial charge in [0, 0.05) is 81.0 Å². The van der Waals surface area contributed by atoms with E-state index in [0.717, 1.165) is 40.4 Å². The van der Waals surface area contributed by atoms with Crippen molar-refractivity contribution < 1.29 is 18.3 Å². The van der Waals surface area contributed by atoms with Crippen molar-refractivity contribution in [1.29, 1.82) is 0 Å². The predicted molar refractivity (Wildman–Crippen MR) is 105 cm³/mol. The van der Waals surface area contributed by atoms with Gasteiger partial charge in [0.15, 0.2) is 0 Å². The third-order valence-electron chi connectivity index (χ3n) is 6.52. The first-order valence-electron chi connectivity index (χ1n) is 10.4. The van der Waals surface area contributed by atoms with E-state index in [9.17, 15) is 13.6 Å². The number of ether oxygens (including phenoxy) is 1. The second-order valence-electron chi connectivity index (χ2n) is 8.37. The molecule has 1 aromatic carbocycles. The molecule has 5 rings (SSSR count). The Morgan fingerprint density at radius 1 is 1.21 bits per heavy atom. The maximum absolute atomic E-state index is 13.5. The van der Waals surface area contributed by atoms with Crippen LogP contribution in [0.15, 0.2) is 24.4 Å². The molecule has 1 amide bonds. The number of piperidine rings is 1. The minimum atomic E-state index is -2.56. The number of amides is 1. The highest BCUT2D eigenvalue weighted by Gasteiger charge is 2.37. The average molecular weight is 401 g/mol. The third kappa shape index (κ3) is 3.51. The van der Waals surface area contributed by atoms with Crippen LogP contribution in [0.2, 0.25) is 0 Å². The number of fused-ring (bicyclic) bond motifs is 3. The number of benzene rings is 1. The molecule has 1 aromatic heterocycles. The van der Waals surface area contributed by atoms with Gasteiger partial charge in [-0.2, -0.15) is 0 Å². The van der Waals surface area contributed by atoms with E-state index in [1.54, 1.807) is 6.20 Å². The van der Waals surface area contributed by atoms with Crippen molar-refractivity contribution in [1.82, 2.24) is 14.8 Å². The van der Waals surface area contributed by atoms with Crippen LogP contribution in [0.25, 0.3) is 10.9 Å². The first-order chi connectivity index (χ1) is 14.0. The molecule has 0 spiro atoms. The van der Waals surface area contributed by atoms with Gasteiger partial charge in [-0.1, -0.05) is 6.07 Å². The molecule has 0 radical (unpaired) electrons. The summed E-state index contributed by atoms with van der Waals surface area (Å²) in [6.45, 7) is 3.27. The Morgan fingerprint density at radius 3 is 2.72 bits per heavy atom. The van der Waals surface area contributed by atoms with E-state index in [1.807, 2.05) is 23.1 Å². The van der Waals surface area contributed by atoms with Crippen LogP contribution in [0.3, 0.4) is 0 Å². The Hall–Kier alpha value is -2.12. The van der Waals surface area contributed by atoms with Gasteiger partial charge < -0.3 is 9.64 Å². The first kappa shape index (κ1) is 18.9. The van der Waals surface area contributed by atoms with Crippen LogP contribution in [0.1, 0.15) is 47.2 Å². The number of hydrogen-bond acceptors (Lipinski definition) is 4. The monoisotopic (exact) mass is 401 g/mol. The molecule has 3 aliphatic heterocycles. The SMILES string of the molecule is O=C1c2cc(CN3CCC(F)(F)CC3)c3cccnc3c2CN1C1CCOCC1. The van der Waals surface area contributed by atoms with Crippen LogP contribution >= 0.6 is 0 Å². The zero-order valence-electron chi connectivity index (χ0n) is 16.4. The third-order valence-corrected chi connectivity index (χ3v) is 6.52. The predicted octanol–water partition coefficient (Wildman–Crippen LogP) is 3.60. The molecule has 0 unspecified atom stereocenters. The summed E-state index contributed by atoms with van der Waals surface area (Å²) in [5.74, 6) is -2.50. The summed E-state index contributed by atoms with van der Waals surface area (Å²) in [4.78, 5) is 21.8. The minimum absolute atomic E-state index is 0.0610. The van der Waals surface area contributed by atoms with Gasteiger partial charge in [0.25, 0.3) is 11.8 Å². The molecule has 0 aliphatic carbocycles. The van der Waals surface area contributed by atoms with E-state index in [4.69, 9.17) is 4.74 Å². The van der Waals surface area contributed by atoms with Gasteiger partial charge >= 0.3 is 0 Å². The van der Waals surface area contributed by atoms with E-state index in [1.165, 1.54) is 0 Å². The first-order valence-corrected chi connectivity index (χ1v) is 10.4. The molecule has 4 heterocycles. The van der Waals surface area contributed by atoms with E-state index >= 15 is 0 Å². The molecule has 5 nitrogen and oxygen atoms in total. The molecule has 154 valence electrons. The van der Waals surface area contributed by atoms with Crippen molar-refractivity contribution in [2.45, 2.75) is 50.7 Å². The maximum atomic E-state index is 13.5. The van der Waals surface area contributed by atoms with E-state index < -0.39 is 5.92 Å². The Morgan fingerprint density at radius 2 is 1.97 bits per heavy atom. The zero-order valence-corrected chi connectivity index (χ0v) is 16.4. The van der Waals surface area contributed by atoms with Crippen LogP contribution in [0.5, 0.6) is 0 Å². The Balaban J connectivity index is 1.47. The number of aromatic nitrogens is 1. The lowest BCUT2D eigenvalue weighted by Gasteiger charge is -2.32. The molecule has 2 fully saturated rings. The van der Waals surface area contributed by atoms with E-state index in [-0.39, 0.29) is 24.8 Å². The number of carbonyl (C=O) groups excluding carboxylic acids is 1. The molecule has 0 saturated carbocycles. The fraction of sp³-hybridized carbons (Fsp3) is 0.545. The summed E-state index contributed by atoms with van der Waals surface area (Å²) < 4.78 is 32.5.